The Hall–Kier alpha value is -2.49. The number of carbonyl (C=O) groups excluding carboxylic acids is 1. The normalized spacial score (nSPS) is 18.5. The maximum absolute atomic E-state index is 12.3. The highest BCUT2D eigenvalue weighted by molar-refractivity contribution is 5.89. The Bertz CT molecular complexity index is 810. The number of piperazine rings is 1. The number of anilines is 1. The van der Waals surface area contributed by atoms with Crippen molar-refractivity contribution in [1.29, 1.82) is 0 Å². The molecule has 2 fully saturated rings. The molecule has 9 nitrogen and oxygen atoms in total. The quantitative estimate of drug-likeness (QED) is 0.670. The van der Waals surface area contributed by atoms with E-state index in [9.17, 15) is 4.79 Å². The Kier molecular flexibility index (Phi) is 6.93. The van der Waals surface area contributed by atoms with Gasteiger partial charge in [0, 0.05) is 57.1 Å². The topological polar surface area (TPSA) is 87.0 Å². The van der Waals surface area contributed by atoms with Gasteiger partial charge in [-0.1, -0.05) is 5.16 Å². The van der Waals surface area contributed by atoms with E-state index in [0.29, 0.717) is 12.4 Å². The summed E-state index contributed by atoms with van der Waals surface area (Å²) in [5.41, 5.74) is 1.97. The molecule has 30 heavy (non-hydrogen) atoms. The Morgan fingerprint density at radius 3 is 2.53 bits per heavy atom. The summed E-state index contributed by atoms with van der Waals surface area (Å²) in [6, 6.07) is 7.98. The van der Waals surface area contributed by atoms with Gasteiger partial charge in [-0.3, -0.25) is 4.79 Å². The first-order valence-electron chi connectivity index (χ1n) is 10.6. The van der Waals surface area contributed by atoms with Crippen LogP contribution < -0.4 is 10.2 Å². The van der Waals surface area contributed by atoms with Gasteiger partial charge in [0.2, 0.25) is 5.82 Å². The molecule has 9 heteroatoms. The van der Waals surface area contributed by atoms with Crippen LogP contribution in [0.25, 0.3) is 11.4 Å². The van der Waals surface area contributed by atoms with E-state index >= 15 is 0 Å². The summed E-state index contributed by atoms with van der Waals surface area (Å²) in [5, 5.41) is 6.84. The lowest BCUT2D eigenvalue weighted by Gasteiger charge is -2.32. The highest BCUT2D eigenvalue weighted by Crippen LogP contribution is 2.22. The third-order valence-electron chi connectivity index (χ3n) is 5.65. The number of ether oxygens (including phenoxy) is 1. The molecule has 1 N–H and O–H groups in total. The van der Waals surface area contributed by atoms with Gasteiger partial charge in [-0.2, -0.15) is 4.98 Å². The van der Waals surface area contributed by atoms with Crippen molar-refractivity contribution in [2.45, 2.75) is 6.42 Å². The van der Waals surface area contributed by atoms with Crippen LogP contribution in [-0.2, 0) is 4.74 Å². The van der Waals surface area contributed by atoms with E-state index in [4.69, 9.17) is 9.26 Å². The van der Waals surface area contributed by atoms with Crippen molar-refractivity contribution in [1.82, 2.24) is 25.3 Å². The number of nitrogens with zero attached hydrogens (tertiary/aromatic N) is 5. The molecular formula is C21H30N6O3. The second kappa shape index (κ2) is 10.0. The van der Waals surface area contributed by atoms with Gasteiger partial charge < -0.3 is 29.3 Å². The van der Waals surface area contributed by atoms with E-state index in [1.165, 1.54) is 0 Å². The van der Waals surface area contributed by atoms with Crippen molar-refractivity contribution >= 4 is 11.6 Å². The summed E-state index contributed by atoms with van der Waals surface area (Å²) in [4.78, 5) is 23.6. The van der Waals surface area contributed by atoms with E-state index in [2.05, 4.69) is 37.2 Å². The lowest BCUT2D eigenvalue weighted by atomic mass is 10.2. The van der Waals surface area contributed by atoms with Gasteiger partial charge in [0.15, 0.2) is 0 Å². The van der Waals surface area contributed by atoms with Crippen LogP contribution in [-0.4, -0.2) is 98.5 Å². The Morgan fingerprint density at radius 2 is 1.80 bits per heavy atom. The summed E-state index contributed by atoms with van der Waals surface area (Å²) in [5.74, 6) is 0.102. The van der Waals surface area contributed by atoms with Crippen molar-refractivity contribution in [2.24, 2.45) is 0 Å². The van der Waals surface area contributed by atoms with Crippen molar-refractivity contribution in [3.8, 4) is 11.4 Å². The molecule has 0 saturated carbocycles. The van der Waals surface area contributed by atoms with E-state index in [-0.39, 0.29) is 11.8 Å². The monoisotopic (exact) mass is 414 g/mol. The van der Waals surface area contributed by atoms with Crippen molar-refractivity contribution in [3.63, 3.8) is 0 Å². The number of benzene rings is 1. The van der Waals surface area contributed by atoms with Crippen LogP contribution in [0.2, 0.25) is 0 Å². The molecule has 0 radical (unpaired) electrons. The zero-order valence-electron chi connectivity index (χ0n) is 17.5. The lowest BCUT2D eigenvalue weighted by Crippen LogP contribution is -2.45. The van der Waals surface area contributed by atoms with E-state index in [1.54, 1.807) is 0 Å². The number of hydrogen-bond donors (Lipinski definition) is 1. The molecular weight excluding hydrogens is 384 g/mol. The maximum atomic E-state index is 12.3. The first-order chi connectivity index (χ1) is 14.7. The molecule has 2 aromatic rings. The molecule has 0 unspecified atom stereocenters. The van der Waals surface area contributed by atoms with Crippen molar-refractivity contribution < 1.29 is 14.1 Å². The molecule has 0 spiro atoms. The summed E-state index contributed by atoms with van der Waals surface area (Å²) < 4.78 is 10.6. The second-order valence-corrected chi connectivity index (χ2v) is 7.82. The van der Waals surface area contributed by atoms with Crippen LogP contribution in [0.1, 0.15) is 17.1 Å². The smallest absolute Gasteiger partial charge is 0.316 e. The predicted molar refractivity (Wildman–Crippen MR) is 114 cm³/mol. The van der Waals surface area contributed by atoms with Crippen LogP contribution in [0.15, 0.2) is 28.8 Å². The molecule has 2 aliphatic rings. The summed E-state index contributed by atoms with van der Waals surface area (Å²) in [7, 11) is 2.15. The van der Waals surface area contributed by atoms with E-state index in [0.717, 1.165) is 76.7 Å². The SMILES string of the molecule is CN1CCN(CCCNC(=O)c2nc(-c3ccc(N4CCOCC4)cc3)no2)CC1. The summed E-state index contributed by atoms with van der Waals surface area (Å²) in [6.45, 7) is 9.23. The van der Waals surface area contributed by atoms with Crippen LogP contribution in [0.3, 0.4) is 0 Å². The average Bonchev–Trinajstić information content (AvgIpc) is 3.29. The molecule has 0 atom stereocenters. The van der Waals surface area contributed by atoms with Gasteiger partial charge in [-0.05, 0) is 44.3 Å². The maximum Gasteiger partial charge on any atom is 0.316 e. The minimum Gasteiger partial charge on any atom is -0.378 e. The number of carbonyl (C=O) groups is 1. The highest BCUT2D eigenvalue weighted by atomic mass is 16.5. The van der Waals surface area contributed by atoms with Gasteiger partial charge in [-0.15, -0.1) is 0 Å². The highest BCUT2D eigenvalue weighted by Gasteiger charge is 2.17. The lowest BCUT2D eigenvalue weighted by molar-refractivity contribution is 0.0905. The molecule has 2 saturated heterocycles. The first kappa shape index (κ1) is 20.8. The molecule has 2 aliphatic heterocycles. The van der Waals surface area contributed by atoms with Crippen LogP contribution in [0, 0.1) is 0 Å². The molecule has 3 heterocycles. The average molecular weight is 415 g/mol. The minimum atomic E-state index is -0.322. The number of morpholine rings is 1. The molecule has 0 aliphatic carbocycles. The number of rotatable bonds is 7. The number of nitrogens with one attached hydrogen (secondary N) is 1. The molecule has 162 valence electrons. The number of hydrogen-bond acceptors (Lipinski definition) is 8. The minimum absolute atomic E-state index is 0.00172. The predicted octanol–water partition coefficient (Wildman–Crippen LogP) is 0.941. The second-order valence-electron chi connectivity index (χ2n) is 7.82. The summed E-state index contributed by atoms with van der Waals surface area (Å²) in [6.07, 6.45) is 0.902. The molecule has 0 bridgehead atoms. The standard InChI is InChI=1S/C21H30N6O3/c1-25-9-11-26(12-10-25)8-2-7-22-20(28)21-23-19(24-30-21)17-3-5-18(6-4-17)27-13-15-29-16-14-27/h3-6H,2,7-16H2,1H3,(H,22,28). The fourth-order valence-electron chi connectivity index (χ4n) is 3.73. The Labute approximate surface area is 177 Å². The zero-order valence-corrected chi connectivity index (χ0v) is 17.5. The third-order valence-corrected chi connectivity index (χ3v) is 5.65. The van der Waals surface area contributed by atoms with Gasteiger partial charge in [0.05, 0.1) is 13.2 Å². The first-order valence-corrected chi connectivity index (χ1v) is 10.6. The van der Waals surface area contributed by atoms with Gasteiger partial charge in [-0.25, -0.2) is 0 Å². The molecule has 4 rings (SSSR count). The largest absolute Gasteiger partial charge is 0.378 e. The molecule has 1 aromatic carbocycles. The zero-order chi connectivity index (χ0) is 20.8. The fourth-order valence-corrected chi connectivity index (χ4v) is 3.73. The van der Waals surface area contributed by atoms with Crippen molar-refractivity contribution in [2.75, 3.05) is 77.5 Å². The van der Waals surface area contributed by atoms with Gasteiger partial charge >= 0.3 is 11.8 Å². The van der Waals surface area contributed by atoms with Crippen molar-refractivity contribution in [3.05, 3.63) is 30.2 Å². The van der Waals surface area contributed by atoms with Crippen LogP contribution in [0.4, 0.5) is 5.69 Å². The fraction of sp³-hybridized carbons (Fsp3) is 0.571. The number of amides is 1. The Morgan fingerprint density at radius 1 is 1.07 bits per heavy atom. The van der Waals surface area contributed by atoms with Gasteiger partial charge in [0.25, 0.3) is 0 Å². The summed E-state index contributed by atoms with van der Waals surface area (Å²) >= 11 is 0. The van der Waals surface area contributed by atoms with Gasteiger partial charge in [0.1, 0.15) is 0 Å². The van der Waals surface area contributed by atoms with E-state index in [1.807, 2.05) is 24.3 Å². The number of likely N-dealkylation sites (N-methyl/N-ethyl adjacent to an activating group) is 1. The molecule has 1 amide bonds. The third kappa shape index (κ3) is 5.35. The Balaban J connectivity index is 1.24. The van der Waals surface area contributed by atoms with E-state index < -0.39 is 0 Å². The van der Waals surface area contributed by atoms with Crippen LogP contribution in [0.5, 0.6) is 0 Å². The van der Waals surface area contributed by atoms with Crippen LogP contribution >= 0.6 is 0 Å². The molecule has 1 aromatic heterocycles. The number of aromatic nitrogens is 2.